The first-order chi connectivity index (χ1) is 18.0. The van der Waals surface area contributed by atoms with Gasteiger partial charge < -0.3 is 20.0 Å². The Morgan fingerprint density at radius 1 is 0.846 bits per heavy atom. The van der Waals surface area contributed by atoms with Crippen LogP contribution >= 0.6 is 0 Å². The SMILES string of the molecule is CC(C)(C)OC(=O)[C@@H](N)[C@](O)(CCCCCCO[Si](c1ccccc1)(c1ccccc1)C(C)(C)C)C(F)(F)F. The monoisotopic (exact) mass is 567 g/mol. The Balaban J connectivity index is 2.05. The van der Waals surface area contributed by atoms with Crippen LogP contribution in [0, 0.1) is 0 Å². The molecule has 2 aromatic carbocycles. The van der Waals surface area contributed by atoms with Crippen molar-refractivity contribution in [2.24, 2.45) is 5.73 Å². The molecule has 0 spiro atoms. The number of halogens is 3. The van der Waals surface area contributed by atoms with Gasteiger partial charge in [-0.05, 0) is 49.0 Å². The summed E-state index contributed by atoms with van der Waals surface area (Å²) in [5, 5.41) is 12.6. The van der Waals surface area contributed by atoms with E-state index >= 15 is 0 Å². The Labute approximate surface area is 232 Å². The van der Waals surface area contributed by atoms with E-state index in [1.807, 2.05) is 36.4 Å². The summed E-state index contributed by atoms with van der Waals surface area (Å²) >= 11 is 0. The number of alkyl halides is 3. The van der Waals surface area contributed by atoms with Gasteiger partial charge in [-0.15, -0.1) is 0 Å². The molecular formula is C30H44F3NO4Si. The number of benzene rings is 2. The van der Waals surface area contributed by atoms with Gasteiger partial charge in [0.15, 0.2) is 5.60 Å². The molecule has 218 valence electrons. The Morgan fingerprint density at radius 2 is 1.31 bits per heavy atom. The zero-order chi connectivity index (χ0) is 29.5. The van der Waals surface area contributed by atoms with E-state index in [9.17, 15) is 23.1 Å². The number of esters is 1. The second-order valence-corrected chi connectivity index (χ2v) is 16.4. The van der Waals surface area contributed by atoms with Crippen LogP contribution in [0.5, 0.6) is 0 Å². The van der Waals surface area contributed by atoms with Crippen molar-refractivity contribution in [2.45, 2.75) is 102 Å². The van der Waals surface area contributed by atoms with Gasteiger partial charge in [-0.25, -0.2) is 0 Å². The number of hydrogen-bond acceptors (Lipinski definition) is 5. The average Bonchev–Trinajstić information content (AvgIpc) is 2.83. The largest absolute Gasteiger partial charge is 0.459 e. The molecule has 0 fully saturated rings. The molecular weight excluding hydrogens is 523 g/mol. The van der Waals surface area contributed by atoms with Crippen LogP contribution < -0.4 is 16.1 Å². The predicted octanol–water partition coefficient (Wildman–Crippen LogP) is 5.48. The van der Waals surface area contributed by atoms with E-state index in [0.717, 1.165) is 10.4 Å². The summed E-state index contributed by atoms with van der Waals surface area (Å²) < 4.78 is 53.2. The number of ether oxygens (including phenoxy) is 1. The zero-order valence-corrected chi connectivity index (χ0v) is 25.0. The van der Waals surface area contributed by atoms with Crippen LogP contribution in [0.15, 0.2) is 60.7 Å². The highest BCUT2D eigenvalue weighted by molar-refractivity contribution is 6.99. The van der Waals surface area contributed by atoms with Crippen molar-refractivity contribution in [1.29, 1.82) is 0 Å². The van der Waals surface area contributed by atoms with Gasteiger partial charge in [0, 0.05) is 6.61 Å². The van der Waals surface area contributed by atoms with Crippen LogP contribution in [-0.2, 0) is 14.0 Å². The maximum atomic E-state index is 13.8. The number of carbonyl (C=O) groups is 1. The Kier molecular flexibility index (Phi) is 11.0. The van der Waals surface area contributed by atoms with Crippen LogP contribution in [0.25, 0.3) is 0 Å². The lowest BCUT2D eigenvalue weighted by atomic mass is 9.87. The third-order valence-electron chi connectivity index (χ3n) is 6.85. The lowest BCUT2D eigenvalue weighted by Gasteiger charge is -2.43. The average molecular weight is 568 g/mol. The van der Waals surface area contributed by atoms with Crippen LogP contribution in [0.1, 0.15) is 73.6 Å². The van der Waals surface area contributed by atoms with Gasteiger partial charge >= 0.3 is 12.1 Å². The third kappa shape index (κ3) is 8.16. The summed E-state index contributed by atoms with van der Waals surface area (Å²) in [4.78, 5) is 12.2. The van der Waals surface area contributed by atoms with E-state index in [2.05, 4.69) is 45.0 Å². The number of carbonyl (C=O) groups excluding carboxylic acids is 1. The lowest BCUT2D eigenvalue weighted by molar-refractivity contribution is -0.271. The van der Waals surface area contributed by atoms with Gasteiger partial charge in [0.2, 0.25) is 0 Å². The highest BCUT2D eigenvalue weighted by Crippen LogP contribution is 2.38. The molecule has 0 aliphatic rings. The number of aliphatic hydroxyl groups is 1. The van der Waals surface area contributed by atoms with Gasteiger partial charge in [-0.2, -0.15) is 13.2 Å². The first kappa shape index (κ1) is 33.0. The van der Waals surface area contributed by atoms with E-state index in [1.165, 1.54) is 20.8 Å². The second-order valence-electron chi connectivity index (χ2n) is 12.1. The minimum absolute atomic E-state index is 0.0473. The highest BCUT2D eigenvalue weighted by Gasteiger charge is 2.60. The van der Waals surface area contributed by atoms with Crippen molar-refractivity contribution in [3.8, 4) is 0 Å². The molecule has 0 saturated heterocycles. The quantitative estimate of drug-likeness (QED) is 0.202. The van der Waals surface area contributed by atoms with Crippen LogP contribution in [0.2, 0.25) is 5.04 Å². The van der Waals surface area contributed by atoms with E-state index in [-0.39, 0.29) is 11.5 Å². The van der Waals surface area contributed by atoms with E-state index in [1.54, 1.807) is 0 Å². The molecule has 0 heterocycles. The van der Waals surface area contributed by atoms with Gasteiger partial charge in [0.05, 0.1) is 0 Å². The molecule has 9 heteroatoms. The molecule has 0 saturated carbocycles. The summed E-state index contributed by atoms with van der Waals surface area (Å²) in [5.74, 6) is -1.28. The van der Waals surface area contributed by atoms with E-state index in [0.29, 0.717) is 25.9 Å². The van der Waals surface area contributed by atoms with Crippen molar-refractivity contribution < 1.29 is 32.2 Å². The number of hydrogen-bond donors (Lipinski definition) is 2. The molecule has 0 radical (unpaired) electrons. The van der Waals surface area contributed by atoms with Crippen LogP contribution in [0.3, 0.4) is 0 Å². The molecule has 2 atom stereocenters. The normalized spacial score (nSPS) is 15.5. The Bertz CT molecular complexity index is 997. The van der Waals surface area contributed by atoms with Gasteiger partial charge in [0.1, 0.15) is 11.6 Å². The summed E-state index contributed by atoms with van der Waals surface area (Å²) in [6.07, 6.45) is -4.04. The standard InChI is InChI=1S/C30H44F3NO4Si/c1-27(2,3)38-26(35)25(34)29(36,30(31,32)33)21-15-7-8-16-22-37-39(28(4,5)6,23-17-11-9-12-18-23)24-19-13-10-14-20-24/h9-14,17-20,25,36H,7-8,15-16,21-22,34H2,1-6H3/t25-,29-/m1/s1. The molecule has 0 amide bonds. The molecule has 39 heavy (non-hydrogen) atoms. The second kappa shape index (κ2) is 13.0. The molecule has 5 nitrogen and oxygen atoms in total. The third-order valence-corrected chi connectivity index (χ3v) is 11.9. The molecule has 2 aromatic rings. The highest BCUT2D eigenvalue weighted by atomic mass is 28.4. The fourth-order valence-electron chi connectivity index (χ4n) is 4.87. The van der Waals surface area contributed by atoms with E-state index in [4.69, 9.17) is 14.9 Å². The minimum Gasteiger partial charge on any atom is -0.459 e. The summed E-state index contributed by atoms with van der Waals surface area (Å²) in [6.45, 7) is 11.6. The van der Waals surface area contributed by atoms with Gasteiger partial charge in [-0.1, -0.05) is 101 Å². The van der Waals surface area contributed by atoms with Crippen molar-refractivity contribution in [3.05, 3.63) is 60.7 Å². The number of unbranched alkanes of at least 4 members (excludes halogenated alkanes) is 3. The van der Waals surface area contributed by atoms with Crippen molar-refractivity contribution >= 4 is 24.7 Å². The van der Waals surface area contributed by atoms with Gasteiger partial charge in [0.25, 0.3) is 8.32 Å². The zero-order valence-electron chi connectivity index (χ0n) is 24.0. The number of rotatable bonds is 12. The molecule has 0 aliphatic heterocycles. The smallest absolute Gasteiger partial charge is 0.419 e. The van der Waals surface area contributed by atoms with Crippen molar-refractivity contribution in [2.75, 3.05) is 6.61 Å². The maximum absolute atomic E-state index is 13.8. The summed E-state index contributed by atoms with van der Waals surface area (Å²) in [5.41, 5.74) is 1.21. The molecule has 0 aromatic heterocycles. The molecule has 0 unspecified atom stereocenters. The Hall–Kier alpha value is -2.20. The van der Waals surface area contributed by atoms with Gasteiger partial charge in [-0.3, -0.25) is 4.79 Å². The molecule has 0 bridgehead atoms. The van der Waals surface area contributed by atoms with Crippen LogP contribution in [0.4, 0.5) is 13.2 Å². The molecule has 2 rings (SSSR count). The topological polar surface area (TPSA) is 81.8 Å². The van der Waals surface area contributed by atoms with Crippen molar-refractivity contribution in [1.82, 2.24) is 0 Å². The summed E-state index contributed by atoms with van der Waals surface area (Å²) in [6, 6.07) is 18.2. The van der Waals surface area contributed by atoms with Crippen molar-refractivity contribution in [3.63, 3.8) is 0 Å². The predicted molar refractivity (Wildman–Crippen MR) is 151 cm³/mol. The molecule has 0 aliphatic carbocycles. The fourth-order valence-corrected chi connectivity index (χ4v) is 9.48. The minimum atomic E-state index is -5.07. The number of nitrogens with two attached hydrogens (primary N) is 1. The maximum Gasteiger partial charge on any atom is 0.419 e. The Morgan fingerprint density at radius 3 is 1.72 bits per heavy atom. The first-order valence-electron chi connectivity index (χ1n) is 13.5. The lowest BCUT2D eigenvalue weighted by Crippen LogP contribution is -2.66. The first-order valence-corrected chi connectivity index (χ1v) is 15.4. The molecule has 3 N–H and O–H groups in total. The fraction of sp³-hybridized carbons (Fsp3) is 0.567. The summed E-state index contributed by atoms with van der Waals surface area (Å²) in [7, 11) is -2.68. The van der Waals surface area contributed by atoms with Crippen LogP contribution in [-0.4, -0.2) is 49.4 Å². The van der Waals surface area contributed by atoms with E-state index < -0.39 is 44.1 Å².